The van der Waals surface area contributed by atoms with Crippen molar-refractivity contribution in [2.24, 2.45) is 0 Å². The summed E-state index contributed by atoms with van der Waals surface area (Å²) in [4.78, 5) is 6.90. The van der Waals surface area contributed by atoms with Gasteiger partial charge in [-0.25, -0.2) is 0 Å². The first-order valence-electron chi connectivity index (χ1n) is 7.19. The number of hydrogen-bond donors (Lipinski definition) is 1. The molecule has 2 heterocycles. The number of nitrogens with one attached hydrogen (secondary N) is 1. The van der Waals surface area contributed by atoms with Crippen molar-refractivity contribution in [1.82, 2.24) is 15.2 Å². The second-order valence-electron chi connectivity index (χ2n) is 5.24. The molecule has 100 valence electrons. The van der Waals surface area contributed by atoms with E-state index >= 15 is 0 Å². The fraction of sp³-hybridized carbons (Fsp3) is 0.667. The highest BCUT2D eigenvalue weighted by Gasteiger charge is 2.08. The molecule has 1 aromatic heterocycles. The van der Waals surface area contributed by atoms with Crippen LogP contribution in [0.15, 0.2) is 18.3 Å². The Kier molecular flexibility index (Phi) is 5.62. The number of aromatic nitrogens is 1. The molecule has 18 heavy (non-hydrogen) atoms. The molecule has 3 nitrogen and oxygen atoms in total. The second kappa shape index (κ2) is 7.49. The predicted molar refractivity (Wildman–Crippen MR) is 75.6 cm³/mol. The van der Waals surface area contributed by atoms with Crippen LogP contribution in [0, 0.1) is 6.92 Å². The summed E-state index contributed by atoms with van der Waals surface area (Å²) in [7, 11) is 0. The molecule has 0 aliphatic carbocycles. The summed E-state index contributed by atoms with van der Waals surface area (Å²) in [5.74, 6) is 0. The second-order valence-corrected chi connectivity index (χ2v) is 5.24. The third-order valence-electron chi connectivity index (χ3n) is 3.58. The van der Waals surface area contributed by atoms with E-state index in [1.165, 1.54) is 50.9 Å². The summed E-state index contributed by atoms with van der Waals surface area (Å²) in [5, 5.41) is 3.49. The van der Waals surface area contributed by atoms with Gasteiger partial charge >= 0.3 is 0 Å². The van der Waals surface area contributed by atoms with Crippen molar-refractivity contribution < 1.29 is 0 Å². The van der Waals surface area contributed by atoms with Crippen LogP contribution in [-0.2, 0) is 6.54 Å². The lowest BCUT2D eigenvalue weighted by molar-refractivity contribution is 0.225. The van der Waals surface area contributed by atoms with E-state index in [1.54, 1.807) is 0 Å². The summed E-state index contributed by atoms with van der Waals surface area (Å²) in [5.41, 5.74) is 2.36. The zero-order chi connectivity index (χ0) is 12.6. The minimum Gasteiger partial charge on any atom is -0.313 e. The lowest BCUT2D eigenvalue weighted by atomic mass is 10.1. The summed E-state index contributed by atoms with van der Waals surface area (Å²) in [6.45, 7) is 7.93. The van der Waals surface area contributed by atoms with E-state index in [9.17, 15) is 0 Å². The van der Waals surface area contributed by atoms with Gasteiger partial charge in [-0.05, 0) is 64.0 Å². The van der Waals surface area contributed by atoms with Crippen LogP contribution in [0.25, 0.3) is 0 Å². The zero-order valence-electron chi connectivity index (χ0n) is 11.5. The average Bonchev–Trinajstić information content (AvgIpc) is 2.42. The Morgan fingerprint density at radius 1 is 1.22 bits per heavy atom. The van der Waals surface area contributed by atoms with Crippen LogP contribution >= 0.6 is 0 Å². The normalized spacial score (nSPS) is 16.9. The highest BCUT2D eigenvalue weighted by molar-refractivity contribution is 5.12. The Balaban J connectivity index is 1.54. The molecule has 0 unspecified atom stereocenters. The molecule has 0 saturated carbocycles. The van der Waals surface area contributed by atoms with E-state index < -0.39 is 0 Å². The molecule has 1 aliphatic rings. The Morgan fingerprint density at radius 2 is 2.06 bits per heavy atom. The van der Waals surface area contributed by atoms with E-state index in [-0.39, 0.29) is 0 Å². The number of aryl methyl sites for hydroxylation is 1. The van der Waals surface area contributed by atoms with Gasteiger partial charge in [-0.2, -0.15) is 0 Å². The summed E-state index contributed by atoms with van der Waals surface area (Å²) in [6, 6.07) is 4.23. The molecule has 2 rings (SSSR count). The predicted octanol–water partition coefficient (Wildman–Crippen LogP) is 2.36. The van der Waals surface area contributed by atoms with Crippen molar-refractivity contribution in [2.75, 3.05) is 26.2 Å². The molecule has 0 bridgehead atoms. The number of hydrogen-bond acceptors (Lipinski definition) is 3. The van der Waals surface area contributed by atoms with Crippen LogP contribution in [0.1, 0.15) is 36.9 Å². The molecule has 0 radical (unpaired) electrons. The Hall–Kier alpha value is -0.930. The maximum atomic E-state index is 4.30. The Labute approximate surface area is 111 Å². The van der Waals surface area contributed by atoms with Crippen molar-refractivity contribution in [3.8, 4) is 0 Å². The lowest BCUT2D eigenvalue weighted by Gasteiger charge is -2.26. The van der Waals surface area contributed by atoms with Gasteiger partial charge in [0.1, 0.15) is 0 Å². The van der Waals surface area contributed by atoms with Gasteiger partial charge < -0.3 is 10.2 Å². The van der Waals surface area contributed by atoms with Gasteiger partial charge in [0.2, 0.25) is 0 Å². The first-order valence-corrected chi connectivity index (χ1v) is 7.19. The van der Waals surface area contributed by atoms with E-state index in [1.807, 2.05) is 13.1 Å². The first kappa shape index (κ1) is 13.5. The molecule has 0 aromatic carbocycles. The highest BCUT2D eigenvalue weighted by atomic mass is 15.1. The van der Waals surface area contributed by atoms with Crippen molar-refractivity contribution >= 4 is 0 Å². The van der Waals surface area contributed by atoms with Crippen molar-refractivity contribution in [3.05, 3.63) is 29.6 Å². The molecule has 3 heteroatoms. The molecule has 1 aromatic rings. The quantitative estimate of drug-likeness (QED) is 0.782. The van der Waals surface area contributed by atoms with E-state index in [4.69, 9.17) is 0 Å². The number of nitrogens with zero attached hydrogens (tertiary/aromatic N) is 2. The van der Waals surface area contributed by atoms with E-state index in [0.29, 0.717) is 0 Å². The molecule has 1 aliphatic heterocycles. The van der Waals surface area contributed by atoms with Crippen LogP contribution in [0.5, 0.6) is 0 Å². The first-order chi connectivity index (χ1) is 8.84. The molecule has 0 spiro atoms. The van der Waals surface area contributed by atoms with Gasteiger partial charge in [-0.3, -0.25) is 4.98 Å². The van der Waals surface area contributed by atoms with Crippen LogP contribution in [-0.4, -0.2) is 36.1 Å². The van der Waals surface area contributed by atoms with Crippen LogP contribution in [0.2, 0.25) is 0 Å². The maximum Gasteiger partial charge on any atom is 0.0372 e. The smallest absolute Gasteiger partial charge is 0.0372 e. The molecule has 0 atom stereocenters. The molecule has 1 saturated heterocycles. The lowest BCUT2D eigenvalue weighted by Crippen LogP contribution is -2.32. The van der Waals surface area contributed by atoms with Crippen molar-refractivity contribution in [3.63, 3.8) is 0 Å². The minimum atomic E-state index is 0.938. The number of likely N-dealkylation sites (tertiary alicyclic amines) is 1. The van der Waals surface area contributed by atoms with Crippen molar-refractivity contribution in [2.45, 2.75) is 39.2 Å². The molecular weight excluding hydrogens is 222 g/mol. The molecular formula is C15H25N3. The molecule has 1 N–H and O–H groups in total. The van der Waals surface area contributed by atoms with Gasteiger partial charge in [0.25, 0.3) is 0 Å². The zero-order valence-corrected chi connectivity index (χ0v) is 11.5. The van der Waals surface area contributed by atoms with E-state index in [2.05, 4.69) is 27.3 Å². The largest absolute Gasteiger partial charge is 0.313 e. The van der Waals surface area contributed by atoms with E-state index in [0.717, 1.165) is 18.8 Å². The fourth-order valence-corrected chi connectivity index (χ4v) is 2.45. The number of piperidine rings is 1. The van der Waals surface area contributed by atoms with Crippen LogP contribution < -0.4 is 5.32 Å². The summed E-state index contributed by atoms with van der Waals surface area (Å²) in [6.07, 6.45) is 7.42. The summed E-state index contributed by atoms with van der Waals surface area (Å²) < 4.78 is 0. The van der Waals surface area contributed by atoms with Crippen LogP contribution in [0.3, 0.4) is 0 Å². The van der Waals surface area contributed by atoms with Gasteiger partial charge in [0.15, 0.2) is 0 Å². The van der Waals surface area contributed by atoms with Crippen molar-refractivity contribution in [1.29, 1.82) is 0 Å². The SMILES string of the molecule is Cc1ccc(CNCCCN2CCCCC2)cn1. The third-order valence-corrected chi connectivity index (χ3v) is 3.58. The molecule has 0 amide bonds. The minimum absolute atomic E-state index is 0.938. The highest BCUT2D eigenvalue weighted by Crippen LogP contribution is 2.08. The van der Waals surface area contributed by atoms with Crippen LogP contribution in [0.4, 0.5) is 0 Å². The Morgan fingerprint density at radius 3 is 2.78 bits per heavy atom. The monoisotopic (exact) mass is 247 g/mol. The maximum absolute atomic E-state index is 4.30. The average molecular weight is 247 g/mol. The summed E-state index contributed by atoms with van der Waals surface area (Å²) >= 11 is 0. The number of rotatable bonds is 6. The van der Waals surface area contributed by atoms with Gasteiger partial charge in [0.05, 0.1) is 0 Å². The third kappa shape index (κ3) is 4.75. The topological polar surface area (TPSA) is 28.2 Å². The van der Waals surface area contributed by atoms with Gasteiger partial charge in [0, 0.05) is 18.4 Å². The Bertz CT molecular complexity index is 328. The standard InChI is InChI=1S/C15H25N3/c1-14-6-7-15(13-17-14)12-16-8-5-11-18-9-3-2-4-10-18/h6-7,13,16H,2-5,8-12H2,1H3. The fourth-order valence-electron chi connectivity index (χ4n) is 2.45. The van der Waals surface area contributed by atoms with Gasteiger partial charge in [-0.1, -0.05) is 12.5 Å². The molecule has 1 fully saturated rings. The number of pyridine rings is 1. The van der Waals surface area contributed by atoms with Gasteiger partial charge in [-0.15, -0.1) is 0 Å².